The van der Waals surface area contributed by atoms with E-state index in [1.165, 1.54) is 29.0 Å². The predicted octanol–water partition coefficient (Wildman–Crippen LogP) is 4.47. The molecule has 0 N–H and O–H groups in total. The number of halogens is 1. The van der Waals surface area contributed by atoms with Crippen LogP contribution in [0.2, 0.25) is 0 Å². The Bertz CT molecular complexity index is 1610. The number of fused-ring (bicyclic) bond motifs is 3. The van der Waals surface area contributed by atoms with Crippen LogP contribution in [0.5, 0.6) is 5.75 Å². The molecule has 1 aromatic heterocycles. The molecule has 0 spiro atoms. The molecule has 0 bridgehead atoms. The second-order valence-corrected chi connectivity index (χ2v) is 9.45. The number of thiazole rings is 1. The zero-order valence-electron chi connectivity index (χ0n) is 18.5. The number of allylic oxidation sites excluding steroid dienone is 1. The Balaban J connectivity index is 1.60. The largest absolute Gasteiger partial charge is 0.497 e. The van der Waals surface area contributed by atoms with E-state index in [-0.39, 0.29) is 17.4 Å². The topological polar surface area (TPSA) is 43.6 Å². The quantitative estimate of drug-likeness (QED) is 0.446. The highest BCUT2D eigenvalue weighted by Crippen LogP contribution is 2.41. The lowest BCUT2D eigenvalue weighted by molar-refractivity contribution is 0.414. The SMILES string of the molecule is COc1ccc(C2C3=C(N=c4sc(=Cc5ccc(F)cc5)c(=O)n42)c2ccccc2CC3)cc1. The van der Waals surface area contributed by atoms with Crippen LogP contribution in [0.15, 0.2) is 88.2 Å². The second kappa shape index (κ2) is 8.22. The number of benzene rings is 3. The molecule has 168 valence electrons. The Morgan fingerprint density at radius 3 is 2.56 bits per heavy atom. The minimum absolute atomic E-state index is 0.0840. The first-order chi connectivity index (χ1) is 16.6. The summed E-state index contributed by atoms with van der Waals surface area (Å²) < 4.78 is 21.1. The Hall–Kier alpha value is -3.77. The van der Waals surface area contributed by atoms with Crippen molar-refractivity contribution in [2.45, 2.75) is 18.9 Å². The third-order valence-electron chi connectivity index (χ3n) is 6.47. The third-order valence-corrected chi connectivity index (χ3v) is 7.46. The number of ether oxygens (including phenoxy) is 1. The highest BCUT2D eigenvalue weighted by Gasteiger charge is 2.32. The van der Waals surface area contributed by atoms with Gasteiger partial charge in [-0.15, -0.1) is 0 Å². The summed E-state index contributed by atoms with van der Waals surface area (Å²) in [5.74, 6) is 0.472. The van der Waals surface area contributed by atoms with Gasteiger partial charge in [-0.2, -0.15) is 0 Å². The van der Waals surface area contributed by atoms with E-state index in [1.54, 1.807) is 19.2 Å². The summed E-state index contributed by atoms with van der Waals surface area (Å²) >= 11 is 1.37. The van der Waals surface area contributed by atoms with E-state index in [0.717, 1.165) is 46.6 Å². The fourth-order valence-corrected chi connectivity index (χ4v) is 5.82. The highest BCUT2D eigenvalue weighted by atomic mass is 32.1. The fraction of sp³-hybridized carbons (Fsp3) is 0.143. The van der Waals surface area contributed by atoms with Gasteiger partial charge < -0.3 is 4.74 Å². The normalized spacial score (nSPS) is 17.0. The van der Waals surface area contributed by atoms with Gasteiger partial charge in [0.2, 0.25) is 0 Å². The van der Waals surface area contributed by atoms with Crippen molar-refractivity contribution in [1.29, 1.82) is 0 Å². The standard InChI is InChI=1S/C28H21FN2O2S/c1-33-21-13-8-19(9-14-21)26-23-15-10-18-4-2-3-5-22(18)25(23)30-28-31(26)27(32)24(34-28)16-17-6-11-20(29)12-7-17/h2-9,11-14,16,26H,10,15H2,1H3. The van der Waals surface area contributed by atoms with E-state index in [9.17, 15) is 9.18 Å². The van der Waals surface area contributed by atoms with Gasteiger partial charge in [0.25, 0.3) is 5.56 Å². The number of hydrogen-bond donors (Lipinski definition) is 0. The van der Waals surface area contributed by atoms with Crippen molar-refractivity contribution in [2.24, 2.45) is 4.99 Å². The first-order valence-electron chi connectivity index (χ1n) is 11.1. The lowest BCUT2D eigenvalue weighted by Crippen LogP contribution is -2.38. The van der Waals surface area contributed by atoms with E-state index in [1.807, 2.05) is 41.0 Å². The lowest BCUT2D eigenvalue weighted by Gasteiger charge is -2.30. The number of nitrogens with zero attached hydrogens (tertiary/aromatic N) is 2. The first-order valence-corrected chi connectivity index (χ1v) is 12.0. The van der Waals surface area contributed by atoms with Crippen LogP contribution in [0.1, 0.15) is 34.7 Å². The minimum Gasteiger partial charge on any atom is -0.497 e. The van der Waals surface area contributed by atoms with Gasteiger partial charge in [0.15, 0.2) is 4.80 Å². The summed E-state index contributed by atoms with van der Waals surface area (Å²) in [6.45, 7) is 0. The van der Waals surface area contributed by atoms with Crippen LogP contribution in [-0.4, -0.2) is 11.7 Å². The Labute approximate surface area is 199 Å². The van der Waals surface area contributed by atoms with Crippen LogP contribution < -0.4 is 19.6 Å². The maximum absolute atomic E-state index is 13.7. The molecule has 4 nitrogen and oxygen atoms in total. The van der Waals surface area contributed by atoms with Crippen molar-refractivity contribution in [3.8, 4) is 5.75 Å². The van der Waals surface area contributed by atoms with Crippen LogP contribution in [0, 0.1) is 5.82 Å². The van der Waals surface area contributed by atoms with Gasteiger partial charge in [-0.05, 0) is 65.4 Å². The molecule has 1 aliphatic carbocycles. The zero-order valence-corrected chi connectivity index (χ0v) is 19.3. The van der Waals surface area contributed by atoms with Crippen molar-refractivity contribution >= 4 is 23.1 Å². The van der Waals surface area contributed by atoms with Crippen LogP contribution >= 0.6 is 11.3 Å². The van der Waals surface area contributed by atoms with Gasteiger partial charge in [0.1, 0.15) is 11.6 Å². The molecule has 3 aromatic carbocycles. The van der Waals surface area contributed by atoms with Crippen LogP contribution in [0.4, 0.5) is 4.39 Å². The zero-order chi connectivity index (χ0) is 23.2. The number of aryl methyl sites for hydroxylation is 1. The van der Waals surface area contributed by atoms with E-state index in [0.29, 0.717) is 9.33 Å². The van der Waals surface area contributed by atoms with Gasteiger partial charge in [-0.3, -0.25) is 9.36 Å². The smallest absolute Gasteiger partial charge is 0.271 e. The van der Waals surface area contributed by atoms with E-state index in [4.69, 9.17) is 9.73 Å². The molecule has 6 heteroatoms. The molecule has 0 saturated carbocycles. The molecule has 0 saturated heterocycles. The van der Waals surface area contributed by atoms with Gasteiger partial charge >= 0.3 is 0 Å². The molecule has 0 fully saturated rings. The monoisotopic (exact) mass is 468 g/mol. The van der Waals surface area contributed by atoms with E-state index >= 15 is 0 Å². The third kappa shape index (κ3) is 3.42. The molecule has 2 aliphatic rings. The lowest BCUT2D eigenvalue weighted by atomic mass is 9.83. The summed E-state index contributed by atoms with van der Waals surface area (Å²) in [7, 11) is 1.65. The van der Waals surface area contributed by atoms with Crippen molar-refractivity contribution in [2.75, 3.05) is 7.11 Å². The second-order valence-electron chi connectivity index (χ2n) is 8.44. The summed E-state index contributed by atoms with van der Waals surface area (Å²) in [6, 6.07) is 22.2. The summed E-state index contributed by atoms with van der Waals surface area (Å²) in [6.07, 6.45) is 3.57. The molecule has 4 aromatic rings. The molecule has 6 rings (SSSR count). The summed E-state index contributed by atoms with van der Waals surface area (Å²) in [4.78, 5) is 19.4. The first kappa shape index (κ1) is 20.8. The van der Waals surface area contributed by atoms with Gasteiger partial charge in [-0.25, -0.2) is 9.38 Å². The van der Waals surface area contributed by atoms with Crippen LogP contribution in [0.25, 0.3) is 11.8 Å². The Morgan fingerprint density at radius 1 is 1.03 bits per heavy atom. The number of rotatable bonds is 3. The Morgan fingerprint density at radius 2 is 1.79 bits per heavy atom. The molecule has 1 aliphatic heterocycles. The molecule has 34 heavy (non-hydrogen) atoms. The van der Waals surface area contributed by atoms with Crippen LogP contribution in [-0.2, 0) is 6.42 Å². The number of aromatic nitrogens is 1. The van der Waals surface area contributed by atoms with Crippen molar-refractivity contribution < 1.29 is 9.13 Å². The van der Waals surface area contributed by atoms with Gasteiger partial charge in [0, 0.05) is 5.56 Å². The maximum Gasteiger partial charge on any atom is 0.271 e. The maximum atomic E-state index is 13.7. The molecule has 0 radical (unpaired) electrons. The molecule has 1 atom stereocenters. The number of methoxy groups -OCH3 is 1. The minimum atomic E-state index is -0.301. The average Bonchev–Trinajstić information content (AvgIpc) is 3.18. The summed E-state index contributed by atoms with van der Waals surface area (Å²) in [5.41, 5.74) is 6.27. The molecule has 1 unspecified atom stereocenters. The molecule has 2 heterocycles. The molecular formula is C28H21FN2O2S. The summed E-state index contributed by atoms with van der Waals surface area (Å²) in [5, 5.41) is 0. The molecule has 0 amide bonds. The van der Waals surface area contributed by atoms with Crippen molar-refractivity contribution in [3.05, 3.63) is 126 Å². The van der Waals surface area contributed by atoms with Gasteiger partial charge in [-0.1, -0.05) is 59.9 Å². The predicted molar refractivity (Wildman–Crippen MR) is 132 cm³/mol. The van der Waals surface area contributed by atoms with Crippen molar-refractivity contribution in [3.63, 3.8) is 0 Å². The highest BCUT2D eigenvalue weighted by molar-refractivity contribution is 7.07. The van der Waals surface area contributed by atoms with E-state index < -0.39 is 0 Å². The molecular weight excluding hydrogens is 447 g/mol. The fourth-order valence-electron chi connectivity index (χ4n) is 4.82. The average molecular weight is 469 g/mol. The van der Waals surface area contributed by atoms with Crippen molar-refractivity contribution in [1.82, 2.24) is 4.57 Å². The Kier molecular flexibility index (Phi) is 5.03. The van der Waals surface area contributed by atoms with Gasteiger partial charge in [0.05, 0.1) is 23.4 Å². The van der Waals surface area contributed by atoms with E-state index in [2.05, 4.69) is 18.2 Å². The van der Waals surface area contributed by atoms with Crippen LogP contribution in [0.3, 0.4) is 0 Å². The number of hydrogen-bond acceptors (Lipinski definition) is 4.